The summed E-state index contributed by atoms with van der Waals surface area (Å²) in [6.07, 6.45) is 0.177. The molecular weight excluding hydrogens is 132 g/mol. The maximum absolute atomic E-state index is 10.5. The number of esters is 1. The highest BCUT2D eigenvalue weighted by atomic mass is 16.7. The van der Waals surface area contributed by atoms with Gasteiger partial charge in [-0.1, -0.05) is 14.4 Å². The lowest BCUT2D eigenvalue weighted by Crippen LogP contribution is -2.15. The first-order valence-electron chi connectivity index (χ1n) is 2.96. The van der Waals surface area contributed by atoms with Gasteiger partial charge in [0.2, 0.25) is 6.29 Å². The molecule has 0 aromatic carbocycles. The lowest BCUT2D eigenvalue weighted by Gasteiger charge is -2.09. The van der Waals surface area contributed by atoms with E-state index < -0.39 is 0 Å². The van der Waals surface area contributed by atoms with Gasteiger partial charge >= 0.3 is 5.97 Å². The highest BCUT2D eigenvalue weighted by molar-refractivity contribution is 5.71. The van der Waals surface area contributed by atoms with Crippen molar-refractivity contribution in [3.8, 4) is 0 Å². The van der Waals surface area contributed by atoms with Crippen LogP contribution in [0, 0.1) is 5.92 Å². The molecule has 1 aliphatic rings. The van der Waals surface area contributed by atoms with Crippen LogP contribution in [0.25, 0.3) is 0 Å². The molecule has 1 fully saturated rings. The van der Waals surface area contributed by atoms with E-state index in [1.54, 1.807) is 7.11 Å². The van der Waals surface area contributed by atoms with Gasteiger partial charge in [0.25, 0.3) is 0 Å². The summed E-state index contributed by atoms with van der Waals surface area (Å²) < 4.78 is 9.61. The van der Waals surface area contributed by atoms with E-state index in [0.29, 0.717) is 6.42 Å². The molecule has 0 aromatic heterocycles. The van der Waals surface area contributed by atoms with E-state index in [2.05, 4.69) is 0 Å². The first kappa shape index (κ1) is 9.43. The number of cyclic esters (lactones) is 1. The molecule has 3 heteroatoms. The summed E-state index contributed by atoms with van der Waals surface area (Å²) in [7, 11) is 1.54. The summed E-state index contributed by atoms with van der Waals surface area (Å²) in [6.45, 7) is 1.93. The summed E-state index contributed by atoms with van der Waals surface area (Å²) in [6, 6.07) is 0. The summed E-state index contributed by atoms with van der Waals surface area (Å²) in [5.41, 5.74) is 0. The van der Waals surface area contributed by atoms with Crippen LogP contribution in [0.4, 0.5) is 0 Å². The molecule has 0 radical (unpaired) electrons. The van der Waals surface area contributed by atoms with E-state index in [-0.39, 0.29) is 25.6 Å². The van der Waals surface area contributed by atoms with Crippen molar-refractivity contribution in [1.82, 2.24) is 0 Å². The smallest absolute Gasteiger partial charge is 0.308 e. The first-order chi connectivity index (χ1) is 4.24. The molecule has 0 saturated carbocycles. The van der Waals surface area contributed by atoms with E-state index in [1.165, 1.54) is 0 Å². The summed E-state index contributed by atoms with van der Waals surface area (Å²) in [5.74, 6) is 0.0526. The fraction of sp³-hybridized carbons (Fsp3) is 0.857. The minimum Gasteiger partial charge on any atom is -0.435 e. The number of carbonyl (C=O) groups excluding carboxylic acids is 1. The van der Waals surface area contributed by atoms with Crippen LogP contribution >= 0.6 is 0 Å². The van der Waals surface area contributed by atoms with Crippen LogP contribution < -0.4 is 0 Å². The molecule has 0 aliphatic carbocycles. The van der Waals surface area contributed by atoms with Crippen molar-refractivity contribution in [2.75, 3.05) is 7.11 Å². The van der Waals surface area contributed by atoms with Crippen LogP contribution in [-0.2, 0) is 14.3 Å². The van der Waals surface area contributed by atoms with Crippen LogP contribution in [-0.4, -0.2) is 19.4 Å². The Bertz CT molecular complexity index is 122. The van der Waals surface area contributed by atoms with E-state index in [1.807, 2.05) is 6.92 Å². The van der Waals surface area contributed by atoms with Crippen molar-refractivity contribution in [3.05, 3.63) is 0 Å². The minimum atomic E-state index is -0.308. The molecule has 2 atom stereocenters. The van der Waals surface area contributed by atoms with Gasteiger partial charge in [0.05, 0.1) is 6.42 Å². The number of hydrogen-bond acceptors (Lipinski definition) is 3. The SMILES string of the molecule is C.COC1OC(=O)CC1C. The van der Waals surface area contributed by atoms with Crippen LogP contribution in [0.15, 0.2) is 0 Å². The third-order valence-electron chi connectivity index (χ3n) is 1.43. The van der Waals surface area contributed by atoms with Gasteiger partial charge in [0.1, 0.15) is 0 Å². The van der Waals surface area contributed by atoms with Crippen molar-refractivity contribution in [3.63, 3.8) is 0 Å². The van der Waals surface area contributed by atoms with Gasteiger partial charge in [-0.05, 0) is 0 Å². The maximum atomic E-state index is 10.5. The standard InChI is InChI=1S/C6H10O3.CH4/c1-4-3-5(7)9-6(4)8-2;/h4,6H,3H2,1-2H3;1H4. The number of hydrogen-bond donors (Lipinski definition) is 0. The molecule has 1 rings (SSSR count). The van der Waals surface area contributed by atoms with Gasteiger partial charge < -0.3 is 9.47 Å². The Balaban J connectivity index is 0.000000810. The van der Waals surface area contributed by atoms with E-state index in [4.69, 9.17) is 9.47 Å². The average Bonchev–Trinajstić information content (AvgIpc) is 2.10. The Labute approximate surface area is 61.3 Å². The second kappa shape index (κ2) is 3.56. The zero-order valence-corrected chi connectivity index (χ0v) is 5.59. The molecule has 1 saturated heterocycles. The van der Waals surface area contributed by atoms with Crippen molar-refractivity contribution in [2.24, 2.45) is 5.92 Å². The number of ether oxygens (including phenoxy) is 2. The van der Waals surface area contributed by atoms with Gasteiger partial charge in [-0.25, -0.2) is 0 Å². The third kappa shape index (κ3) is 1.70. The molecule has 0 N–H and O–H groups in total. The molecule has 60 valence electrons. The van der Waals surface area contributed by atoms with Gasteiger partial charge in [0.15, 0.2) is 0 Å². The summed E-state index contributed by atoms with van der Waals surface area (Å²) in [5, 5.41) is 0. The molecular formula is C7H14O3. The molecule has 0 amide bonds. The highest BCUT2D eigenvalue weighted by Crippen LogP contribution is 2.20. The maximum Gasteiger partial charge on any atom is 0.308 e. The Hall–Kier alpha value is -0.570. The molecule has 1 heterocycles. The molecule has 2 unspecified atom stereocenters. The van der Waals surface area contributed by atoms with Crippen LogP contribution in [0.2, 0.25) is 0 Å². The average molecular weight is 146 g/mol. The second-order valence-electron chi connectivity index (χ2n) is 2.28. The topological polar surface area (TPSA) is 35.5 Å². The quantitative estimate of drug-likeness (QED) is 0.521. The highest BCUT2D eigenvalue weighted by Gasteiger charge is 2.30. The van der Waals surface area contributed by atoms with E-state index in [0.717, 1.165) is 0 Å². The van der Waals surface area contributed by atoms with Crippen molar-refractivity contribution < 1.29 is 14.3 Å². The fourth-order valence-corrected chi connectivity index (χ4v) is 0.933. The monoisotopic (exact) mass is 146 g/mol. The van der Waals surface area contributed by atoms with Gasteiger partial charge in [-0.2, -0.15) is 0 Å². The Morgan fingerprint density at radius 2 is 2.30 bits per heavy atom. The van der Waals surface area contributed by atoms with Crippen LogP contribution in [0.5, 0.6) is 0 Å². The molecule has 10 heavy (non-hydrogen) atoms. The molecule has 1 aliphatic heterocycles. The first-order valence-corrected chi connectivity index (χ1v) is 2.96. The van der Waals surface area contributed by atoms with Crippen molar-refractivity contribution >= 4 is 5.97 Å². The third-order valence-corrected chi connectivity index (χ3v) is 1.43. The lowest BCUT2D eigenvalue weighted by atomic mass is 10.1. The van der Waals surface area contributed by atoms with Gasteiger partial charge in [-0.3, -0.25) is 4.79 Å². The number of carbonyl (C=O) groups is 1. The largest absolute Gasteiger partial charge is 0.435 e. The van der Waals surface area contributed by atoms with Crippen LogP contribution in [0.3, 0.4) is 0 Å². The predicted molar refractivity (Wildman–Crippen MR) is 37.4 cm³/mol. The zero-order valence-electron chi connectivity index (χ0n) is 5.59. The predicted octanol–water partition coefficient (Wildman–Crippen LogP) is 1.18. The number of rotatable bonds is 1. The zero-order chi connectivity index (χ0) is 6.85. The molecule has 3 nitrogen and oxygen atoms in total. The van der Waals surface area contributed by atoms with Gasteiger partial charge in [-0.15, -0.1) is 0 Å². The van der Waals surface area contributed by atoms with Crippen molar-refractivity contribution in [2.45, 2.75) is 27.1 Å². The summed E-state index contributed by atoms with van der Waals surface area (Å²) >= 11 is 0. The van der Waals surface area contributed by atoms with Crippen LogP contribution in [0.1, 0.15) is 20.8 Å². The molecule has 0 bridgehead atoms. The second-order valence-corrected chi connectivity index (χ2v) is 2.28. The fourth-order valence-electron chi connectivity index (χ4n) is 0.933. The normalized spacial score (nSPS) is 31.2. The lowest BCUT2D eigenvalue weighted by molar-refractivity contribution is -0.160. The Morgan fingerprint density at radius 1 is 1.70 bits per heavy atom. The molecule has 0 spiro atoms. The Morgan fingerprint density at radius 3 is 2.50 bits per heavy atom. The van der Waals surface area contributed by atoms with Crippen molar-refractivity contribution in [1.29, 1.82) is 0 Å². The number of methoxy groups -OCH3 is 1. The van der Waals surface area contributed by atoms with Gasteiger partial charge in [0, 0.05) is 13.0 Å². The summed E-state index contributed by atoms with van der Waals surface area (Å²) in [4.78, 5) is 10.5. The minimum absolute atomic E-state index is 0. The van der Waals surface area contributed by atoms with E-state index >= 15 is 0 Å². The van der Waals surface area contributed by atoms with E-state index in [9.17, 15) is 4.79 Å². The molecule has 0 aromatic rings. The Kier molecular flexibility index (Phi) is 3.36.